The molecular formula is C23H28O8. The van der Waals surface area contributed by atoms with Gasteiger partial charge in [0.25, 0.3) is 0 Å². The van der Waals surface area contributed by atoms with E-state index in [0.29, 0.717) is 18.4 Å². The Bertz CT molecular complexity index is 865. The molecule has 0 aromatic heterocycles. The van der Waals surface area contributed by atoms with Crippen molar-refractivity contribution in [3.05, 3.63) is 47.1 Å². The predicted octanol–water partition coefficient (Wildman–Crippen LogP) is 2.54. The van der Waals surface area contributed by atoms with Gasteiger partial charge in [-0.05, 0) is 31.6 Å². The lowest BCUT2D eigenvalue weighted by Gasteiger charge is -2.28. The number of carbonyl (C=O) groups is 3. The molecule has 31 heavy (non-hydrogen) atoms. The first-order chi connectivity index (χ1) is 14.7. The number of fused-ring (bicyclic) bond motifs is 1. The van der Waals surface area contributed by atoms with E-state index in [-0.39, 0.29) is 12.2 Å². The molecule has 3 rings (SSSR count). The Balaban J connectivity index is 1.90. The standard InChI is InChI=1S/C23H28O8/c1-12-6-7-17(29-15(4)24)13(2)9-19-21(14(3)22(25)30-19)18(8-12)31-23(26)16-10-20(27-5)28-11-16/h6,9-10,17-21H,3,7-8,11H2,1-2,4-5H3/b12-6+,13-9-/t17-,18-,19+,20+,21-/m1/s1. The van der Waals surface area contributed by atoms with Crippen molar-refractivity contribution in [2.75, 3.05) is 13.7 Å². The average Bonchev–Trinajstić information content (AvgIpc) is 3.29. The first kappa shape index (κ1) is 23.0. The minimum atomic E-state index is -0.678. The molecule has 0 aromatic carbocycles. The molecule has 1 fully saturated rings. The van der Waals surface area contributed by atoms with Crippen LogP contribution in [-0.2, 0) is 38.1 Å². The minimum Gasteiger partial charge on any atom is -0.458 e. The smallest absolute Gasteiger partial charge is 0.336 e. The van der Waals surface area contributed by atoms with Crippen LogP contribution in [0.25, 0.3) is 0 Å². The molecular weight excluding hydrogens is 404 g/mol. The molecule has 8 nitrogen and oxygen atoms in total. The van der Waals surface area contributed by atoms with Gasteiger partial charge in [0.1, 0.15) is 18.3 Å². The van der Waals surface area contributed by atoms with Crippen molar-refractivity contribution < 1.29 is 38.1 Å². The zero-order valence-electron chi connectivity index (χ0n) is 18.2. The molecule has 0 aromatic rings. The highest BCUT2D eigenvalue weighted by molar-refractivity contribution is 5.92. The Labute approximate surface area is 181 Å². The van der Waals surface area contributed by atoms with Crippen LogP contribution in [0.4, 0.5) is 0 Å². The Morgan fingerprint density at radius 1 is 1.19 bits per heavy atom. The quantitative estimate of drug-likeness (QED) is 0.289. The van der Waals surface area contributed by atoms with Crippen LogP contribution in [0.5, 0.6) is 0 Å². The zero-order valence-corrected chi connectivity index (χ0v) is 18.2. The Kier molecular flexibility index (Phi) is 7.12. The van der Waals surface area contributed by atoms with E-state index in [0.717, 1.165) is 11.1 Å². The van der Waals surface area contributed by atoms with Crippen LogP contribution in [0.2, 0.25) is 0 Å². The highest BCUT2D eigenvalue weighted by Crippen LogP contribution is 2.37. The number of rotatable bonds is 4. The van der Waals surface area contributed by atoms with Crippen LogP contribution in [0.1, 0.15) is 33.6 Å². The normalized spacial score (nSPS) is 34.5. The molecule has 1 saturated heterocycles. The Hall–Kier alpha value is -2.71. The van der Waals surface area contributed by atoms with Crippen LogP contribution in [0.3, 0.4) is 0 Å². The van der Waals surface area contributed by atoms with E-state index in [4.69, 9.17) is 23.7 Å². The fourth-order valence-corrected chi connectivity index (χ4v) is 3.93. The molecule has 0 amide bonds. The molecule has 0 unspecified atom stereocenters. The van der Waals surface area contributed by atoms with Gasteiger partial charge in [0, 0.05) is 32.4 Å². The lowest BCUT2D eigenvalue weighted by molar-refractivity contribution is -0.148. The summed E-state index contributed by atoms with van der Waals surface area (Å²) in [7, 11) is 1.48. The van der Waals surface area contributed by atoms with E-state index >= 15 is 0 Å². The summed E-state index contributed by atoms with van der Waals surface area (Å²) in [5.74, 6) is -2.02. The fourth-order valence-electron chi connectivity index (χ4n) is 3.93. The van der Waals surface area contributed by atoms with Gasteiger partial charge >= 0.3 is 17.9 Å². The Morgan fingerprint density at radius 3 is 2.58 bits per heavy atom. The first-order valence-corrected chi connectivity index (χ1v) is 10.2. The molecule has 8 heteroatoms. The van der Waals surface area contributed by atoms with Crippen molar-refractivity contribution in [2.45, 2.75) is 58.2 Å². The third kappa shape index (κ3) is 5.32. The fraction of sp³-hybridized carbons (Fsp3) is 0.522. The van der Waals surface area contributed by atoms with Crippen molar-refractivity contribution >= 4 is 17.9 Å². The maximum absolute atomic E-state index is 12.8. The van der Waals surface area contributed by atoms with E-state index in [2.05, 4.69) is 6.58 Å². The molecule has 1 aliphatic carbocycles. The van der Waals surface area contributed by atoms with E-state index in [9.17, 15) is 14.4 Å². The number of esters is 3. The van der Waals surface area contributed by atoms with Gasteiger partial charge in [0.05, 0.1) is 18.1 Å². The summed E-state index contributed by atoms with van der Waals surface area (Å²) in [4.78, 5) is 36.6. The summed E-state index contributed by atoms with van der Waals surface area (Å²) in [5.41, 5.74) is 2.29. The number of hydrogen-bond acceptors (Lipinski definition) is 8. The largest absolute Gasteiger partial charge is 0.458 e. The second-order valence-electron chi connectivity index (χ2n) is 7.97. The van der Waals surface area contributed by atoms with Crippen molar-refractivity contribution in [3.8, 4) is 0 Å². The van der Waals surface area contributed by atoms with Gasteiger partial charge in [-0.25, -0.2) is 9.59 Å². The van der Waals surface area contributed by atoms with E-state index < -0.39 is 48.4 Å². The second-order valence-corrected chi connectivity index (χ2v) is 7.97. The van der Waals surface area contributed by atoms with Crippen LogP contribution >= 0.6 is 0 Å². The van der Waals surface area contributed by atoms with E-state index in [1.807, 2.05) is 19.9 Å². The van der Waals surface area contributed by atoms with Crippen LogP contribution < -0.4 is 0 Å². The van der Waals surface area contributed by atoms with Gasteiger partial charge in [-0.3, -0.25) is 4.79 Å². The summed E-state index contributed by atoms with van der Waals surface area (Å²) < 4.78 is 27.2. The Morgan fingerprint density at radius 2 is 1.94 bits per heavy atom. The number of carbonyl (C=O) groups excluding carboxylic acids is 3. The highest BCUT2D eigenvalue weighted by Gasteiger charge is 2.45. The summed E-state index contributed by atoms with van der Waals surface area (Å²) in [6.45, 7) is 9.05. The summed E-state index contributed by atoms with van der Waals surface area (Å²) in [6.07, 6.45) is 3.73. The summed E-state index contributed by atoms with van der Waals surface area (Å²) >= 11 is 0. The molecule has 0 N–H and O–H groups in total. The lowest BCUT2D eigenvalue weighted by Crippen LogP contribution is -2.34. The van der Waals surface area contributed by atoms with Gasteiger partial charge < -0.3 is 23.7 Å². The van der Waals surface area contributed by atoms with Crippen molar-refractivity contribution in [3.63, 3.8) is 0 Å². The molecule has 168 valence electrons. The highest BCUT2D eigenvalue weighted by atomic mass is 16.7. The first-order valence-electron chi connectivity index (χ1n) is 10.2. The van der Waals surface area contributed by atoms with Gasteiger partial charge in [0.15, 0.2) is 6.29 Å². The SMILES string of the molecule is C=C1C(=O)O[C@H]2/C=C(/C)[C@H](OC(C)=O)C/C=C(\C)C[C@@H](OC(=O)C3=C[C@@H](OC)OC3)[C@@H]12. The molecule has 0 radical (unpaired) electrons. The van der Waals surface area contributed by atoms with Crippen LogP contribution in [0.15, 0.2) is 47.1 Å². The molecule has 0 bridgehead atoms. The summed E-state index contributed by atoms with van der Waals surface area (Å²) in [5, 5.41) is 0. The van der Waals surface area contributed by atoms with Crippen molar-refractivity contribution in [2.24, 2.45) is 5.92 Å². The topological polar surface area (TPSA) is 97.4 Å². The molecule has 0 saturated carbocycles. The number of ether oxygens (including phenoxy) is 5. The molecule has 0 spiro atoms. The third-order valence-corrected chi connectivity index (χ3v) is 5.60. The molecule has 2 aliphatic heterocycles. The number of hydrogen-bond donors (Lipinski definition) is 0. The van der Waals surface area contributed by atoms with E-state index in [1.165, 1.54) is 14.0 Å². The second kappa shape index (κ2) is 9.62. The van der Waals surface area contributed by atoms with Crippen LogP contribution in [0, 0.1) is 5.92 Å². The summed E-state index contributed by atoms with van der Waals surface area (Å²) in [6, 6.07) is 0. The maximum Gasteiger partial charge on any atom is 0.336 e. The zero-order chi connectivity index (χ0) is 22.7. The van der Waals surface area contributed by atoms with Gasteiger partial charge in [0.2, 0.25) is 0 Å². The average molecular weight is 432 g/mol. The van der Waals surface area contributed by atoms with E-state index in [1.54, 1.807) is 12.2 Å². The third-order valence-electron chi connectivity index (χ3n) is 5.60. The van der Waals surface area contributed by atoms with Gasteiger partial charge in [-0.1, -0.05) is 18.2 Å². The van der Waals surface area contributed by atoms with Crippen LogP contribution in [-0.4, -0.2) is 56.2 Å². The number of methoxy groups -OCH3 is 1. The minimum absolute atomic E-state index is 0.0897. The maximum atomic E-state index is 12.8. The van der Waals surface area contributed by atoms with Crippen molar-refractivity contribution in [1.82, 2.24) is 0 Å². The lowest BCUT2D eigenvalue weighted by atomic mass is 9.85. The molecule has 5 atom stereocenters. The predicted molar refractivity (Wildman–Crippen MR) is 110 cm³/mol. The molecule has 2 heterocycles. The van der Waals surface area contributed by atoms with Crippen molar-refractivity contribution in [1.29, 1.82) is 0 Å². The van der Waals surface area contributed by atoms with Gasteiger partial charge in [-0.2, -0.15) is 0 Å². The monoisotopic (exact) mass is 432 g/mol. The molecule has 3 aliphatic rings. The van der Waals surface area contributed by atoms with Gasteiger partial charge in [-0.15, -0.1) is 0 Å².